The van der Waals surface area contributed by atoms with Gasteiger partial charge in [0.25, 0.3) is 0 Å². The van der Waals surface area contributed by atoms with Gasteiger partial charge in [0.05, 0.1) is 18.2 Å². The Morgan fingerprint density at radius 3 is 2.79 bits per heavy atom. The molecule has 124 valence electrons. The van der Waals surface area contributed by atoms with Gasteiger partial charge in [0, 0.05) is 24.0 Å². The first-order valence-corrected chi connectivity index (χ1v) is 8.54. The molecular formula is C20H22N2O2. The Kier molecular flexibility index (Phi) is 3.37. The predicted molar refractivity (Wildman–Crippen MR) is 91.7 cm³/mol. The molecule has 0 radical (unpaired) electrons. The molecule has 0 spiro atoms. The molecule has 0 bridgehead atoms. The molecule has 1 heterocycles. The van der Waals surface area contributed by atoms with Gasteiger partial charge in [0.15, 0.2) is 5.78 Å². The number of benzene rings is 1. The van der Waals surface area contributed by atoms with Crippen molar-refractivity contribution < 1.29 is 9.90 Å². The third-order valence-electron chi connectivity index (χ3n) is 6.04. The average molecular weight is 322 g/mol. The van der Waals surface area contributed by atoms with E-state index in [0.29, 0.717) is 12.0 Å². The highest BCUT2D eigenvalue weighted by Crippen LogP contribution is 2.55. The monoisotopic (exact) mass is 322 g/mol. The Hall–Kier alpha value is -2.36. The molecule has 4 heteroatoms. The molecule has 0 saturated heterocycles. The van der Waals surface area contributed by atoms with E-state index in [4.69, 9.17) is 0 Å². The maximum Gasteiger partial charge on any atom is 0.165 e. The number of aryl methyl sites for hydroxylation is 2. The van der Waals surface area contributed by atoms with Crippen LogP contribution < -0.4 is 0 Å². The summed E-state index contributed by atoms with van der Waals surface area (Å²) in [5.41, 5.74) is 3.89. The summed E-state index contributed by atoms with van der Waals surface area (Å²) in [5, 5.41) is 14.2. The van der Waals surface area contributed by atoms with Gasteiger partial charge in [-0.05, 0) is 36.3 Å². The number of aliphatic hydroxyl groups excluding tert-OH is 1. The summed E-state index contributed by atoms with van der Waals surface area (Å²) >= 11 is 0. The van der Waals surface area contributed by atoms with Crippen molar-refractivity contribution in [2.75, 3.05) is 0 Å². The lowest BCUT2D eigenvalue weighted by atomic mass is 9.52. The molecule has 1 aromatic heterocycles. The van der Waals surface area contributed by atoms with Crippen molar-refractivity contribution in [1.82, 2.24) is 9.78 Å². The molecule has 4 rings (SSSR count). The largest absolute Gasteiger partial charge is 0.515 e. The molecule has 0 unspecified atom stereocenters. The SMILES string of the molecule is C[C@@H]1C(=O)/C(=C\O)C[C@]2(c3ccccc3)c3c(cnn3C)CC[C@@H]12. The van der Waals surface area contributed by atoms with Gasteiger partial charge < -0.3 is 5.11 Å². The number of hydrogen-bond donors (Lipinski definition) is 1. The highest BCUT2D eigenvalue weighted by Gasteiger charge is 2.55. The highest BCUT2D eigenvalue weighted by atomic mass is 16.2. The summed E-state index contributed by atoms with van der Waals surface area (Å²) in [4.78, 5) is 12.7. The van der Waals surface area contributed by atoms with Gasteiger partial charge in [-0.3, -0.25) is 9.48 Å². The van der Waals surface area contributed by atoms with Crippen LogP contribution in [-0.4, -0.2) is 20.7 Å². The van der Waals surface area contributed by atoms with Crippen molar-refractivity contribution in [3.63, 3.8) is 0 Å². The lowest BCUT2D eigenvalue weighted by Crippen LogP contribution is -2.51. The van der Waals surface area contributed by atoms with Gasteiger partial charge in [-0.15, -0.1) is 0 Å². The molecule has 1 saturated carbocycles. The number of rotatable bonds is 1. The zero-order valence-corrected chi connectivity index (χ0v) is 14.1. The van der Waals surface area contributed by atoms with Crippen molar-refractivity contribution in [2.24, 2.45) is 18.9 Å². The smallest absolute Gasteiger partial charge is 0.165 e. The Morgan fingerprint density at radius 2 is 2.08 bits per heavy atom. The molecule has 4 nitrogen and oxygen atoms in total. The van der Waals surface area contributed by atoms with Crippen LogP contribution in [0.2, 0.25) is 0 Å². The number of aromatic nitrogens is 2. The van der Waals surface area contributed by atoms with Crippen molar-refractivity contribution in [2.45, 2.75) is 31.6 Å². The summed E-state index contributed by atoms with van der Waals surface area (Å²) in [7, 11) is 1.98. The van der Waals surface area contributed by atoms with E-state index in [1.165, 1.54) is 16.8 Å². The van der Waals surface area contributed by atoms with Gasteiger partial charge in [-0.1, -0.05) is 37.3 Å². The molecule has 1 N–H and O–H groups in total. The average Bonchev–Trinajstić information content (AvgIpc) is 3.00. The number of carbonyl (C=O) groups excluding carboxylic acids is 1. The molecule has 1 aromatic carbocycles. The Morgan fingerprint density at radius 1 is 1.33 bits per heavy atom. The minimum atomic E-state index is -0.304. The second-order valence-corrected chi connectivity index (χ2v) is 7.11. The summed E-state index contributed by atoms with van der Waals surface area (Å²) in [6.45, 7) is 2.01. The number of carbonyl (C=O) groups is 1. The third-order valence-corrected chi connectivity index (χ3v) is 6.04. The van der Waals surface area contributed by atoms with Crippen LogP contribution >= 0.6 is 0 Å². The quantitative estimate of drug-likeness (QED) is 0.647. The fourth-order valence-corrected chi connectivity index (χ4v) is 5.03. The highest BCUT2D eigenvalue weighted by molar-refractivity contribution is 5.98. The Bertz CT molecular complexity index is 821. The van der Waals surface area contributed by atoms with Gasteiger partial charge in [0.1, 0.15) is 0 Å². The van der Waals surface area contributed by atoms with Crippen LogP contribution in [0.1, 0.15) is 36.6 Å². The van der Waals surface area contributed by atoms with E-state index in [0.717, 1.165) is 19.1 Å². The molecule has 2 aliphatic rings. The molecule has 0 amide bonds. The number of aliphatic hydroxyl groups is 1. The number of Topliss-reactive ketones (excluding diaryl/α,β-unsaturated/α-hetero) is 1. The van der Waals surface area contributed by atoms with Crippen LogP contribution in [0, 0.1) is 11.8 Å². The first-order valence-electron chi connectivity index (χ1n) is 8.54. The number of fused-ring (bicyclic) bond motifs is 3. The van der Waals surface area contributed by atoms with Gasteiger partial charge in [0.2, 0.25) is 0 Å². The molecule has 2 aromatic rings. The van der Waals surface area contributed by atoms with E-state index < -0.39 is 0 Å². The molecule has 1 fully saturated rings. The molecule has 24 heavy (non-hydrogen) atoms. The van der Waals surface area contributed by atoms with E-state index in [2.05, 4.69) is 29.4 Å². The summed E-state index contributed by atoms with van der Waals surface area (Å²) in [6.07, 6.45) is 5.44. The summed E-state index contributed by atoms with van der Waals surface area (Å²) in [6, 6.07) is 10.4. The van der Waals surface area contributed by atoms with Crippen molar-refractivity contribution in [3.8, 4) is 0 Å². The van der Waals surface area contributed by atoms with Crippen LogP contribution in [0.15, 0.2) is 48.4 Å². The van der Waals surface area contributed by atoms with Crippen LogP contribution in [0.4, 0.5) is 0 Å². The van der Waals surface area contributed by atoms with Crippen LogP contribution in [0.3, 0.4) is 0 Å². The second-order valence-electron chi connectivity index (χ2n) is 7.11. The van der Waals surface area contributed by atoms with Crippen LogP contribution in [0.5, 0.6) is 0 Å². The van der Waals surface area contributed by atoms with E-state index in [1.54, 1.807) is 0 Å². The molecular weight excluding hydrogens is 300 g/mol. The second kappa shape index (κ2) is 5.33. The number of hydrogen-bond acceptors (Lipinski definition) is 3. The van der Waals surface area contributed by atoms with Crippen LogP contribution in [-0.2, 0) is 23.7 Å². The zero-order valence-electron chi connectivity index (χ0n) is 14.1. The van der Waals surface area contributed by atoms with E-state index >= 15 is 0 Å². The third kappa shape index (κ3) is 1.86. The normalized spacial score (nSPS) is 30.9. The standard InChI is InChI=1S/C20H22N2O2/c1-13-17-9-8-14-11-21-22(2)19(14)20(17,10-15(12-23)18(13)24)16-6-4-3-5-7-16/h3-7,11-13,17,23H,8-10H2,1-2H3/b15-12-/t13-,17-,20+/m0/s1. The van der Waals surface area contributed by atoms with Gasteiger partial charge in [-0.2, -0.15) is 5.10 Å². The van der Waals surface area contributed by atoms with Gasteiger partial charge in [-0.25, -0.2) is 0 Å². The minimum absolute atomic E-state index is 0.0830. The van der Waals surface area contributed by atoms with E-state index in [-0.39, 0.29) is 23.0 Å². The summed E-state index contributed by atoms with van der Waals surface area (Å²) in [5.74, 6) is 0.194. The first-order chi connectivity index (χ1) is 11.6. The fraction of sp³-hybridized carbons (Fsp3) is 0.400. The maximum atomic E-state index is 12.7. The van der Waals surface area contributed by atoms with Crippen molar-refractivity contribution >= 4 is 5.78 Å². The number of ketones is 1. The van der Waals surface area contributed by atoms with E-state index in [1.807, 2.05) is 30.9 Å². The summed E-state index contributed by atoms with van der Waals surface area (Å²) < 4.78 is 1.96. The van der Waals surface area contributed by atoms with Crippen molar-refractivity contribution in [3.05, 3.63) is 65.2 Å². The number of nitrogens with zero attached hydrogens (tertiary/aromatic N) is 2. The Labute approximate surface area is 141 Å². The first kappa shape index (κ1) is 15.2. The minimum Gasteiger partial charge on any atom is -0.515 e. The fourth-order valence-electron chi connectivity index (χ4n) is 5.03. The predicted octanol–water partition coefficient (Wildman–Crippen LogP) is 3.32. The van der Waals surface area contributed by atoms with Gasteiger partial charge >= 0.3 is 0 Å². The van der Waals surface area contributed by atoms with Crippen LogP contribution in [0.25, 0.3) is 0 Å². The topological polar surface area (TPSA) is 55.1 Å². The Balaban J connectivity index is 2.03. The zero-order chi connectivity index (χ0) is 16.9. The molecule has 2 aliphatic carbocycles. The molecule has 3 atom stereocenters. The van der Waals surface area contributed by atoms with E-state index in [9.17, 15) is 9.90 Å². The van der Waals surface area contributed by atoms with Crippen molar-refractivity contribution in [1.29, 1.82) is 0 Å². The lowest BCUT2D eigenvalue weighted by Gasteiger charge is -2.50. The maximum absolute atomic E-state index is 12.7. The lowest BCUT2D eigenvalue weighted by molar-refractivity contribution is -0.123. The number of allylic oxidation sites excluding steroid dienone is 1. The molecule has 0 aliphatic heterocycles.